The van der Waals surface area contributed by atoms with Crippen LogP contribution in [0.1, 0.15) is 78.6 Å². The molecule has 0 fully saturated rings. The van der Waals surface area contributed by atoms with E-state index in [1.165, 1.54) is 33.4 Å². The number of rotatable bonds is 18. The van der Waals surface area contributed by atoms with Crippen LogP contribution in [0.25, 0.3) is 0 Å². The van der Waals surface area contributed by atoms with Crippen LogP contribution in [0.3, 0.4) is 0 Å². The summed E-state index contributed by atoms with van der Waals surface area (Å²) in [5.41, 5.74) is 13.7. The largest absolute Gasteiger partial charge is 0.489 e. The van der Waals surface area contributed by atoms with E-state index in [0.717, 1.165) is 56.4 Å². The molecular formula is C50H54O4. The predicted octanol–water partition coefficient (Wildman–Crippen LogP) is 12.2. The second-order valence-corrected chi connectivity index (χ2v) is 13.9. The van der Waals surface area contributed by atoms with Crippen molar-refractivity contribution in [2.75, 3.05) is 26.4 Å². The van der Waals surface area contributed by atoms with Crippen LogP contribution in [0.4, 0.5) is 0 Å². The molecule has 4 heteroatoms. The standard InChI is InChI=1S/C50H54O4/c1-11-23-51-45-21-19-41(27-33(45)5)47(42-20-22-46(34(6)28-42)52-24-12-2)39-15-17-40(18-16-39)48(43-29-35(7)49(36(8)30-43)53-25-13-3)44-31-37(9)50(38(10)32-44)54-26-14-4/h11-22,27-32,47-48H,1-4,23-26H2,5-10H3. The molecule has 5 aromatic rings. The van der Waals surface area contributed by atoms with Crippen molar-refractivity contribution in [3.63, 3.8) is 0 Å². The first-order valence-corrected chi connectivity index (χ1v) is 18.6. The molecule has 4 nitrogen and oxygen atoms in total. The molecule has 0 atom stereocenters. The van der Waals surface area contributed by atoms with Gasteiger partial charge in [0.1, 0.15) is 49.4 Å². The summed E-state index contributed by atoms with van der Waals surface area (Å²) >= 11 is 0. The number of hydrogen-bond acceptors (Lipinski definition) is 4. The Hall–Kier alpha value is -5.74. The van der Waals surface area contributed by atoms with Crippen LogP contribution >= 0.6 is 0 Å². The van der Waals surface area contributed by atoms with Crippen LogP contribution < -0.4 is 18.9 Å². The van der Waals surface area contributed by atoms with E-state index in [0.29, 0.717) is 26.4 Å². The van der Waals surface area contributed by atoms with Gasteiger partial charge >= 0.3 is 0 Å². The third-order valence-corrected chi connectivity index (χ3v) is 9.70. The van der Waals surface area contributed by atoms with Gasteiger partial charge in [-0.3, -0.25) is 0 Å². The van der Waals surface area contributed by atoms with E-state index >= 15 is 0 Å². The minimum absolute atomic E-state index is 0.0200. The molecule has 0 saturated heterocycles. The first-order chi connectivity index (χ1) is 26.1. The van der Waals surface area contributed by atoms with E-state index in [2.05, 4.69) is 153 Å². The molecule has 5 aromatic carbocycles. The normalized spacial score (nSPS) is 11.0. The molecule has 0 saturated carbocycles. The van der Waals surface area contributed by atoms with Crippen LogP contribution in [-0.4, -0.2) is 26.4 Å². The summed E-state index contributed by atoms with van der Waals surface area (Å²) in [6, 6.07) is 31.1. The molecule has 0 aliphatic carbocycles. The molecule has 0 unspecified atom stereocenters. The molecule has 5 rings (SSSR count). The highest BCUT2D eigenvalue weighted by Gasteiger charge is 2.24. The van der Waals surface area contributed by atoms with E-state index in [1.54, 1.807) is 24.3 Å². The Morgan fingerprint density at radius 1 is 0.370 bits per heavy atom. The van der Waals surface area contributed by atoms with Gasteiger partial charge in [-0.1, -0.05) is 123 Å². The summed E-state index contributed by atoms with van der Waals surface area (Å²) in [6.45, 7) is 29.8. The molecule has 0 radical (unpaired) electrons. The van der Waals surface area contributed by atoms with Gasteiger partial charge in [0.2, 0.25) is 0 Å². The fourth-order valence-corrected chi connectivity index (χ4v) is 7.40. The highest BCUT2D eigenvalue weighted by Crippen LogP contribution is 2.41. The van der Waals surface area contributed by atoms with Crippen molar-refractivity contribution in [2.45, 2.75) is 53.4 Å². The van der Waals surface area contributed by atoms with E-state index in [9.17, 15) is 0 Å². The minimum atomic E-state index is -0.0266. The topological polar surface area (TPSA) is 36.9 Å². The van der Waals surface area contributed by atoms with Crippen LogP contribution in [0.15, 0.2) is 136 Å². The Morgan fingerprint density at radius 2 is 0.648 bits per heavy atom. The van der Waals surface area contributed by atoms with Gasteiger partial charge in [0.15, 0.2) is 0 Å². The molecule has 278 valence electrons. The Bertz CT molecular complexity index is 1950. The third kappa shape index (κ3) is 9.06. The van der Waals surface area contributed by atoms with Crippen molar-refractivity contribution in [1.82, 2.24) is 0 Å². The summed E-state index contributed by atoms with van der Waals surface area (Å²) < 4.78 is 24.1. The Labute approximate surface area is 323 Å². The maximum Gasteiger partial charge on any atom is 0.125 e. The summed E-state index contributed by atoms with van der Waals surface area (Å²) in [7, 11) is 0. The highest BCUT2D eigenvalue weighted by molar-refractivity contribution is 5.55. The van der Waals surface area contributed by atoms with Gasteiger partial charge < -0.3 is 18.9 Å². The molecule has 0 heterocycles. The second-order valence-electron chi connectivity index (χ2n) is 13.9. The Balaban J connectivity index is 1.64. The Kier molecular flexibility index (Phi) is 13.4. The lowest BCUT2D eigenvalue weighted by Gasteiger charge is -2.25. The van der Waals surface area contributed by atoms with Crippen molar-refractivity contribution in [3.8, 4) is 23.0 Å². The average molecular weight is 719 g/mol. The maximum atomic E-state index is 6.08. The van der Waals surface area contributed by atoms with Gasteiger partial charge in [-0.05, 0) is 120 Å². The summed E-state index contributed by atoms with van der Waals surface area (Å²) in [5, 5.41) is 0. The number of benzene rings is 5. The van der Waals surface area contributed by atoms with Gasteiger partial charge in [0, 0.05) is 11.8 Å². The summed E-state index contributed by atoms with van der Waals surface area (Å²) in [5.74, 6) is 3.48. The van der Waals surface area contributed by atoms with E-state index in [-0.39, 0.29) is 11.8 Å². The van der Waals surface area contributed by atoms with E-state index in [4.69, 9.17) is 18.9 Å². The molecule has 0 N–H and O–H groups in total. The SMILES string of the molecule is C=CCOc1ccc(C(c2ccc(C(c3cc(C)c(OCC=C)c(C)c3)c3cc(C)c(OCC=C)c(C)c3)cc2)c2ccc(OCC=C)c(C)c2)cc1C. The minimum Gasteiger partial charge on any atom is -0.489 e. The van der Waals surface area contributed by atoms with E-state index < -0.39 is 0 Å². The predicted molar refractivity (Wildman–Crippen MR) is 225 cm³/mol. The molecule has 0 spiro atoms. The first-order valence-electron chi connectivity index (χ1n) is 18.6. The van der Waals surface area contributed by atoms with Crippen LogP contribution in [0.5, 0.6) is 23.0 Å². The maximum absolute atomic E-state index is 6.08. The van der Waals surface area contributed by atoms with Gasteiger partial charge in [0.05, 0.1) is 0 Å². The van der Waals surface area contributed by atoms with Crippen LogP contribution in [0.2, 0.25) is 0 Å². The number of aryl methyl sites for hydroxylation is 6. The van der Waals surface area contributed by atoms with Crippen molar-refractivity contribution in [3.05, 3.63) is 202 Å². The fourth-order valence-electron chi connectivity index (χ4n) is 7.40. The van der Waals surface area contributed by atoms with Gasteiger partial charge in [-0.25, -0.2) is 0 Å². The lowest BCUT2D eigenvalue weighted by Crippen LogP contribution is -2.09. The second kappa shape index (κ2) is 18.3. The van der Waals surface area contributed by atoms with Gasteiger partial charge in [-0.15, -0.1) is 0 Å². The van der Waals surface area contributed by atoms with Gasteiger partial charge in [-0.2, -0.15) is 0 Å². The smallest absolute Gasteiger partial charge is 0.125 e. The van der Waals surface area contributed by atoms with Crippen LogP contribution in [-0.2, 0) is 0 Å². The van der Waals surface area contributed by atoms with Crippen molar-refractivity contribution in [1.29, 1.82) is 0 Å². The average Bonchev–Trinajstić information content (AvgIpc) is 3.14. The van der Waals surface area contributed by atoms with Crippen molar-refractivity contribution in [2.24, 2.45) is 0 Å². The van der Waals surface area contributed by atoms with Crippen molar-refractivity contribution < 1.29 is 18.9 Å². The Morgan fingerprint density at radius 3 is 0.963 bits per heavy atom. The molecular weight excluding hydrogens is 665 g/mol. The third-order valence-electron chi connectivity index (χ3n) is 9.70. The lowest BCUT2D eigenvalue weighted by atomic mass is 9.80. The number of ether oxygens (including phenoxy) is 4. The quantitative estimate of drug-likeness (QED) is 0.0668. The van der Waals surface area contributed by atoms with E-state index in [1.807, 2.05) is 0 Å². The van der Waals surface area contributed by atoms with Crippen molar-refractivity contribution >= 4 is 0 Å². The summed E-state index contributed by atoms with van der Waals surface area (Å²) in [4.78, 5) is 0. The monoisotopic (exact) mass is 718 g/mol. The molecule has 0 aliphatic heterocycles. The highest BCUT2D eigenvalue weighted by atomic mass is 16.5. The summed E-state index contributed by atoms with van der Waals surface area (Å²) in [6.07, 6.45) is 7.10. The first kappa shape index (κ1) is 39.5. The number of hydrogen-bond donors (Lipinski definition) is 0. The molecule has 54 heavy (non-hydrogen) atoms. The molecule has 0 aliphatic rings. The molecule has 0 amide bonds. The lowest BCUT2D eigenvalue weighted by molar-refractivity contribution is 0.358. The molecule has 0 aromatic heterocycles. The molecule has 0 bridgehead atoms. The zero-order valence-electron chi connectivity index (χ0n) is 32.8. The zero-order valence-corrected chi connectivity index (χ0v) is 32.8. The zero-order chi connectivity index (χ0) is 38.8. The van der Waals surface area contributed by atoms with Crippen LogP contribution in [0, 0.1) is 41.5 Å². The van der Waals surface area contributed by atoms with Gasteiger partial charge in [0.25, 0.3) is 0 Å². The fraction of sp³-hybridized carbons (Fsp3) is 0.240.